The Bertz CT molecular complexity index is 782. The van der Waals surface area contributed by atoms with Gasteiger partial charge in [-0.25, -0.2) is 0 Å². The first-order valence-electron chi connectivity index (χ1n) is 8.67. The molecule has 0 radical (unpaired) electrons. The number of methoxy groups -OCH3 is 1. The SMILES string of the molecule is COc1ccccc1NC(=O)C1CCCN(Cc2ccc(Cl)cc2Cl)C1. The summed E-state index contributed by atoms with van der Waals surface area (Å²) >= 11 is 12.2. The Morgan fingerprint density at radius 1 is 1.27 bits per heavy atom. The summed E-state index contributed by atoms with van der Waals surface area (Å²) in [5.41, 5.74) is 1.74. The van der Waals surface area contributed by atoms with E-state index >= 15 is 0 Å². The number of hydrogen-bond acceptors (Lipinski definition) is 3. The fraction of sp³-hybridized carbons (Fsp3) is 0.350. The van der Waals surface area contributed by atoms with Gasteiger partial charge >= 0.3 is 0 Å². The minimum absolute atomic E-state index is 0.0291. The molecule has 2 aromatic rings. The van der Waals surface area contributed by atoms with E-state index < -0.39 is 0 Å². The summed E-state index contributed by atoms with van der Waals surface area (Å²) in [7, 11) is 1.60. The van der Waals surface area contributed by atoms with Gasteiger partial charge in [-0.2, -0.15) is 0 Å². The number of carbonyl (C=O) groups is 1. The molecule has 0 aliphatic carbocycles. The third-order valence-electron chi connectivity index (χ3n) is 4.65. The summed E-state index contributed by atoms with van der Waals surface area (Å²) in [5.74, 6) is 0.641. The van der Waals surface area contributed by atoms with Crippen molar-refractivity contribution in [1.29, 1.82) is 0 Å². The standard InChI is InChI=1S/C20H22Cl2N2O2/c1-26-19-7-3-2-6-18(19)23-20(25)15-5-4-10-24(13-15)12-14-8-9-16(21)11-17(14)22/h2-3,6-9,11,15H,4-5,10,12-13H2,1H3,(H,23,25). The summed E-state index contributed by atoms with van der Waals surface area (Å²) in [6, 6.07) is 13.0. The van der Waals surface area contributed by atoms with Crippen molar-refractivity contribution < 1.29 is 9.53 Å². The number of nitrogens with one attached hydrogen (secondary N) is 1. The van der Waals surface area contributed by atoms with E-state index in [0.29, 0.717) is 34.6 Å². The minimum Gasteiger partial charge on any atom is -0.495 e. The topological polar surface area (TPSA) is 41.6 Å². The van der Waals surface area contributed by atoms with Crippen LogP contribution in [0, 0.1) is 5.92 Å². The summed E-state index contributed by atoms with van der Waals surface area (Å²) in [6.45, 7) is 2.38. The maximum atomic E-state index is 12.7. The van der Waals surface area contributed by atoms with Crippen molar-refractivity contribution in [2.24, 2.45) is 5.92 Å². The quantitative estimate of drug-likeness (QED) is 0.790. The molecule has 1 N–H and O–H groups in total. The van der Waals surface area contributed by atoms with Gasteiger partial charge in [-0.15, -0.1) is 0 Å². The van der Waals surface area contributed by atoms with Gasteiger partial charge < -0.3 is 10.1 Å². The lowest BCUT2D eigenvalue weighted by Crippen LogP contribution is -2.40. The highest BCUT2D eigenvalue weighted by Gasteiger charge is 2.26. The van der Waals surface area contributed by atoms with Crippen LogP contribution in [0.1, 0.15) is 18.4 Å². The molecule has 2 aromatic carbocycles. The van der Waals surface area contributed by atoms with Gasteiger partial charge in [-0.05, 0) is 49.2 Å². The van der Waals surface area contributed by atoms with Gasteiger partial charge in [0.1, 0.15) is 5.75 Å². The lowest BCUT2D eigenvalue weighted by atomic mass is 9.96. The highest BCUT2D eigenvalue weighted by Crippen LogP contribution is 2.27. The van der Waals surface area contributed by atoms with Crippen molar-refractivity contribution in [3.05, 3.63) is 58.1 Å². The number of para-hydroxylation sites is 2. The number of ether oxygens (including phenoxy) is 1. The number of hydrogen-bond donors (Lipinski definition) is 1. The minimum atomic E-state index is -0.0558. The smallest absolute Gasteiger partial charge is 0.228 e. The van der Waals surface area contributed by atoms with E-state index in [9.17, 15) is 4.79 Å². The monoisotopic (exact) mass is 392 g/mol. The van der Waals surface area contributed by atoms with Crippen LogP contribution in [0.3, 0.4) is 0 Å². The molecule has 138 valence electrons. The first-order chi connectivity index (χ1) is 12.6. The van der Waals surface area contributed by atoms with Crippen LogP contribution in [0.2, 0.25) is 10.0 Å². The van der Waals surface area contributed by atoms with Crippen molar-refractivity contribution >= 4 is 34.8 Å². The molecule has 0 spiro atoms. The molecule has 1 aliphatic heterocycles. The molecule has 6 heteroatoms. The second-order valence-corrected chi connectivity index (χ2v) is 7.34. The highest BCUT2D eigenvalue weighted by molar-refractivity contribution is 6.35. The number of amides is 1. The van der Waals surface area contributed by atoms with Crippen LogP contribution in [0.4, 0.5) is 5.69 Å². The fourth-order valence-electron chi connectivity index (χ4n) is 3.29. The average Bonchev–Trinajstić information content (AvgIpc) is 2.65. The predicted molar refractivity (Wildman–Crippen MR) is 106 cm³/mol. The van der Waals surface area contributed by atoms with Crippen LogP contribution >= 0.6 is 23.2 Å². The normalized spacial score (nSPS) is 17.7. The molecule has 1 amide bonds. The summed E-state index contributed by atoms with van der Waals surface area (Å²) in [4.78, 5) is 15.0. The van der Waals surface area contributed by atoms with Crippen LogP contribution in [0.15, 0.2) is 42.5 Å². The summed E-state index contributed by atoms with van der Waals surface area (Å²) in [5, 5.41) is 4.30. The van der Waals surface area contributed by atoms with Gasteiger partial charge in [0.15, 0.2) is 0 Å². The van der Waals surface area contributed by atoms with Crippen LogP contribution < -0.4 is 10.1 Å². The third kappa shape index (κ3) is 4.70. The largest absolute Gasteiger partial charge is 0.495 e. The van der Waals surface area contributed by atoms with E-state index in [1.807, 2.05) is 36.4 Å². The number of nitrogens with zero attached hydrogens (tertiary/aromatic N) is 1. The molecule has 0 bridgehead atoms. The number of benzene rings is 2. The van der Waals surface area contributed by atoms with Gasteiger partial charge in [0.25, 0.3) is 0 Å². The molecule has 1 fully saturated rings. The van der Waals surface area contributed by atoms with Gasteiger partial charge in [-0.3, -0.25) is 9.69 Å². The zero-order valence-corrected chi connectivity index (χ0v) is 16.2. The Morgan fingerprint density at radius 3 is 2.85 bits per heavy atom. The van der Waals surface area contributed by atoms with Crippen LogP contribution in [-0.2, 0) is 11.3 Å². The zero-order chi connectivity index (χ0) is 18.5. The highest BCUT2D eigenvalue weighted by atomic mass is 35.5. The molecule has 4 nitrogen and oxygen atoms in total. The third-order valence-corrected chi connectivity index (χ3v) is 5.24. The van der Waals surface area contributed by atoms with E-state index in [4.69, 9.17) is 27.9 Å². The molecule has 0 saturated carbocycles. The number of anilines is 1. The maximum absolute atomic E-state index is 12.7. The van der Waals surface area contributed by atoms with Gasteiger partial charge in [0.05, 0.1) is 18.7 Å². The van der Waals surface area contributed by atoms with Crippen molar-refractivity contribution in [2.75, 3.05) is 25.5 Å². The zero-order valence-electron chi connectivity index (χ0n) is 14.7. The van der Waals surface area contributed by atoms with E-state index in [1.54, 1.807) is 13.2 Å². The number of carbonyl (C=O) groups excluding carboxylic acids is 1. The molecule has 1 heterocycles. The molecule has 1 unspecified atom stereocenters. The van der Waals surface area contributed by atoms with E-state index in [1.165, 1.54) is 0 Å². The van der Waals surface area contributed by atoms with Crippen LogP contribution in [-0.4, -0.2) is 31.0 Å². The Morgan fingerprint density at radius 2 is 2.08 bits per heavy atom. The molecule has 1 atom stereocenters. The Kier molecular flexibility index (Phi) is 6.41. The van der Waals surface area contributed by atoms with Gasteiger partial charge in [-0.1, -0.05) is 41.4 Å². The van der Waals surface area contributed by atoms with Crippen molar-refractivity contribution in [2.45, 2.75) is 19.4 Å². The molecular weight excluding hydrogens is 371 g/mol. The van der Waals surface area contributed by atoms with Crippen LogP contribution in [0.5, 0.6) is 5.75 Å². The lowest BCUT2D eigenvalue weighted by Gasteiger charge is -2.32. The molecule has 1 saturated heterocycles. The van der Waals surface area contributed by atoms with Crippen molar-refractivity contribution in [3.63, 3.8) is 0 Å². The van der Waals surface area contributed by atoms with Gasteiger partial charge in [0, 0.05) is 23.1 Å². The lowest BCUT2D eigenvalue weighted by molar-refractivity contribution is -0.121. The molecule has 0 aromatic heterocycles. The molecular formula is C20H22Cl2N2O2. The average molecular weight is 393 g/mol. The van der Waals surface area contributed by atoms with E-state index in [-0.39, 0.29) is 11.8 Å². The Balaban J connectivity index is 1.63. The number of likely N-dealkylation sites (tertiary alicyclic amines) is 1. The van der Waals surface area contributed by atoms with E-state index in [0.717, 1.165) is 24.9 Å². The van der Waals surface area contributed by atoms with Crippen molar-refractivity contribution in [3.8, 4) is 5.75 Å². The first-order valence-corrected chi connectivity index (χ1v) is 9.42. The number of halogens is 2. The Hall–Kier alpha value is -1.75. The second kappa shape index (κ2) is 8.76. The number of rotatable bonds is 5. The van der Waals surface area contributed by atoms with Crippen molar-refractivity contribution in [1.82, 2.24) is 4.90 Å². The number of piperidine rings is 1. The Labute approximate surface area is 164 Å². The predicted octanol–water partition coefficient (Wildman–Crippen LogP) is 4.85. The first kappa shape index (κ1) is 19.0. The molecule has 26 heavy (non-hydrogen) atoms. The fourth-order valence-corrected chi connectivity index (χ4v) is 3.75. The van der Waals surface area contributed by atoms with Crippen LogP contribution in [0.25, 0.3) is 0 Å². The maximum Gasteiger partial charge on any atom is 0.228 e. The second-order valence-electron chi connectivity index (χ2n) is 6.50. The van der Waals surface area contributed by atoms with Gasteiger partial charge in [0.2, 0.25) is 5.91 Å². The summed E-state index contributed by atoms with van der Waals surface area (Å²) in [6.07, 6.45) is 1.86. The molecule has 3 rings (SSSR count). The van der Waals surface area contributed by atoms with E-state index in [2.05, 4.69) is 10.2 Å². The summed E-state index contributed by atoms with van der Waals surface area (Å²) < 4.78 is 5.31. The molecule has 1 aliphatic rings.